The average molecular weight is 436 g/mol. The van der Waals surface area contributed by atoms with E-state index in [4.69, 9.17) is 0 Å². The van der Waals surface area contributed by atoms with Crippen LogP contribution < -0.4 is 15.4 Å². The molecule has 0 fully saturated rings. The molecule has 3 aromatic rings. The number of hydrogen-bond donors (Lipinski definition) is 2. The lowest BCUT2D eigenvalue weighted by molar-refractivity contribution is -0.0500. The number of hydrogen-bond acceptors (Lipinski definition) is 6. The van der Waals surface area contributed by atoms with Gasteiger partial charge in [0.1, 0.15) is 22.3 Å². The van der Waals surface area contributed by atoms with Crippen LogP contribution in [0.2, 0.25) is 0 Å². The van der Waals surface area contributed by atoms with Crippen LogP contribution in [-0.4, -0.2) is 28.4 Å². The molecular formula is C19H15F3N4O3S. The second-order valence-corrected chi connectivity index (χ2v) is 7.29. The van der Waals surface area contributed by atoms with Gasteiger partial charge in [-0.25, -0.2) is 14.4 Å². The minimum atomic E-state index is -3.00. The van der Waals surface area contributed by atoms with Crippen molar-refractivity contribution in [3.8, 4) is 5.75 Å². The lowest BCUT2D eigenvalue weighted by atomic mass is 10.1. The van der Waals surface area contributed by atoms with Crippen molar-refractivity contribution in [3.05, 3.63) is 63.5 Å². The zero-order valence-electron chi connectivity index (χ0n) is 15.7. The molecule has 0 aliphatic carbocycles. The highest BCUT2D eigenvalue weighted by atomic mass is 32.1. The van der Waals surface area contributed by atoms with Crippen LogP contribution in [0.25, 0.3) is 0 Å². The van der Waals surface area contributed by atoms with Gasteiger partial charge >= 0.3 is 6.61 Å². The number of halogens is 3. The van der Waals surface area contributed by atoms with Crippen molar-refractivity contribution in [2.75, 3.05) is 10.6 Å². The molecule has 0 aliphatic rings. The van der Waals surface area contributed by atoms with Crippen LogP contribution in [-0.2, 0) is 0 Å². The summed E-state index contributed by atoms with van der Waals surface area (Å²) < 4.78 is 42.9. The molecule has 11 heteroatoms. The van der Waals surface area contributed by atoms with Crippen LogP contribution in [0, 0.1) is 19.7 Å². The lowest BCUT2D eigenvalue weighted by Gasteiger charge is -2.12. The summed E-state index contributed by atoms with van der Waals surface area (Å²) in [6.45, 7) is 0.339. The highest BCUT2D eigenvalue weighted by molar-refractivity contribution is 7.13. The number of alkyl halides is 2. The van der Waals surface area contributed by atoms with E-state index in [2.05, 4.69) is 25.3 Å². The SMILES string of the molecule is Cc1ncc(C(=O)Nc2cc(C(=O)Nc3ccc(OC(F)F)cn3)c(F)cc2C)s1. The van der Waals surface area contributed by atoms with Crippen molar-refractivity contribution in [1.82, 2.24) is 9.97 Å². The van der Waals surface area contributed by atoms with E-state index in [9.17, 15) is 22.8 Å². The summed E-state index contributed by atoms with van der Waals surface area (Å²) in [7, 11) is 0. The maximum atomic E-state index is 14.3. The largest absolute Gasteiger partial charge is 0.433 e. The Labute approximate surface area is 172 Å². The fraction of sp³-hybridized carbons (Fsp3) is 0.158. The molecule has 2 aromatic heterocycles. The number of anilines is 2. The summed E-state index contributed by atoms with van der Waals surface area (Å²) >= 11 is 1.20. The van der Waals surface area contributed by atoms with E-state index in [0.717, 1.165) is 12.3 Å². The topological polar surface area (TPSA) is 93.2 Å². The van der Waals surface area contributed by atoms with Crippen molar-refractivity contribution in [2.45, 2.75) is 20.5 Å². The molecule has 0 atom stereocenters. The van der Waals surface area contributed by atoms with E-state index in [-0.39, 0.29) is 22.8 Å². The Hall–Kier alpha value is -3.47. The first-order valence-electron chi connectivity index (χ1n) is 8.49. The van der Waals surface area contributed by atoms with Gasteiger partial charge in [-0.3, -0.25) is 9.59 Å². The van der Waals surface area contributed by atoms with Gasteiger partial charge in [0.15, 0.2) is 0 Å². The average Bonchev–Trinajstić information content (AvgIpc) is 3.11. The number of amides is 2. The summed E-state index contributed by atoms with van der Waals surface area (Å²) in [5.41, 5.74) is 0.350. The summed E-state index contributed by atoms with van der Waals surface area (Å²) in [5.74, 6) is -2.24. The molecule has 7 nitrogen and oxygen atoms in total. The molecule has 2 heterocycles. The number of benzene rings is 1. The molecule has 1 aromatic carbocycles. The first kappa shape index (κ1) is 21.2. The lowest BCUT2D eigenvalue weighted by Crippen LogP contribution is -2.17. The van der Waals surface area contributed by atoms with Gasteiger partial charge in [-0.2, -0.15) is 8.78 Å². The second kappa shape index (κ2) is 8.91. The van der Waals surface area contributed by atoms with Crippen LogP contribution >= 0.6 is 11.3 Å². The molecule has 0 radical (unpaired) electrons. The van der Waals surface area contributed by atoms with Crippen molar-refractivity contribution < 1.29 is 27.5 Å². The third-order valence-electron chi connectivity index (χ3n) is 3.86. The van der Waals surface area contributed by atoms with Gasteiger partial charge in [0.2, 0.25) is 0 Å². The van der Waals surface area contributed by atoms with Crippen LogP contribution in [0.15, 0.2) is 36.7 Å². The summed E-state index contributed by atoms with van der Waals surface area (Å²) in [4.78, 5) is 32.9. The van der Waals surface area contributed by atoms with Gasteiger partial charge in [0, 0.05) is 5.69 Å². The molecule has 156 valence electrons. The Morgan fingerprint density at radius 1 is 1.07 bits per heavy atom. The maximum Gasteiger partial charge on any atom is 0.387 e. The van der Waals surface area contributed by atoms with E-state index in [1.165, 1.54) is 35.7 Å². The maximum absolute atomic E-state index is 14.3. The van der Waals surface area contributed by atoms with E-state index in [0.29, 0.717) is 15.4 Å². The van der Waals surface area contributed by atoms with Crippen LogP contribution in [0.3, 0.4) is 0 Å². The smallest absolute Gasteiger partial charge is 0.387 e. The number of thiazole rings is 1. The minimum Gasteiger partial charge on any atom is -0.433 e. The molecule has 0 saturated heterocycles. The molecule has 3 rings (SSSR count). The number of nitrogens with zero attached hydrogens (tertiary/aromatic N) is 2. The van der Waals surface area contributed by atoms with E-state index in [1.807, 2.05) is 0 Å². The predicted molar refractivity (Wildman–Crippen MR) is 105 cm³/mol. The van der Waals surface area contributed by atoms with Crippen molar-refractivity contribution in [2.24, 2.45) is 0 Å². The number of ether oxygens (including phenoxy) is 1. The standard InChI is InChI=1S/C19H15F3N4O3S/c1-9-5-13(20)12(6-14(9)25-18(28)15-8-23-10(2)30-15)17(27)26-16-4-3-11(7-24-16)29-19(21)22/h3-8,19H,1-2H3,(H,25,28)(H,24,26,27). The normalized spacial score (nSPS) is 10.7. The van der Waals surface area contributed by atoms with Crippen molar-refractivity contribution in [1.29, 1.82) is 0 Å². The molecule has 2 N–H and O–H groups in total. The number of carbonyl (C=O) groups is 2. The third-order valence-corrected chi connectivity index (χ3v) is 4.77. The number of aromatic nitrogens is 2. The Bertz CT molecular complexity index is 1090. The Morgan fingerprint density at radius 2 is 1.83 bits per heavy atom. The molecular weight excluding hydrogens is 421 g/mol. The third kappa shape index (κ3) is 5.11. The molecule has 0 bridgehead atoms. The highest BCUT2D eigenvalue weighted by Crippen LogP contribution is 2.23. The first-order valence-corrected chi connectivity index (χ1v) is 9.30. The molecule has 0 spiro atoms. The Balaban J connectivity index is 1.77. The molecule has 0 aliphatic heterocycles. The summed E-state index contributed by atoms with van der Waals surface area (Å²) in [6.07, 6.45) is 2.42. The molecule has 30 heavy (non-hydrogen) atoms. The second-order valence-electron chi connectivity index (χ2n) is 6.06. The van der Waals surface area contributed by atoms with Crippen LogP contribution in [0.4, 0.5) is 24.7 Å². The fourth-order valence-corrected chi connectivity index (χ4v) is 3.11. The van der Waals surface area contributed by atoms with Crippen LogP contribution in [0.1, 0.15) is 30.6 Å². The van der Waals surface area contributed by atoms with E-state index < -0.39 is 24.2 Å². The summed E-state index contributed by atoms with van der Waals surface area (Å²) in [6, 6.07) is 4.75. The van der Waals surface area contributed by atoms with Gasteiger partial charge in [-0.15, -0.1) is 11.3 Å². The zero-order chi connectivity index (χ0) is 21.8. The molecule has 0 saturated carbocycles. The van der Waals surface area contributed by atoms with E-state index in [1.54, 1.807) is 13.8 Å². The number of pyridine rings is 1. The van der Waals surface area contributed by atoms with Crippen LogP contribution in [0.5, 0.6) is 5.75 Å². The first-order chi connectivity index (χ1) is 14.2. The number of aryl methyl sites for hydroxylation is 2. The molecule has 2 amide bonds. The van der Waals surface area contributed by atoms with Crippen molar-refractivity contribution in [3.63, 3.8) is 0 Å². The Kier molecular flexibility index (Phi) is 6.31. The van der Waals surface area contributed by atoms with Gasteiger partial charge in [0.25, 0.3) is 11.8 Å². The number of nitrogens with one attached hydrogen (secondary N) is 2. The number of rotatable bonds is 6. The minimum absolute atomic E-state index is 0.00677. The van der Waals surface area contributed by atoms with Gasteiger partial charge in [-0.05, 0) is 43.7 Å². The number of carbonyl (C=O) groups excluding carboxylic acids is 2. The Morgan fingerprint density at radius 3 is 2.43 bits per heavy atom. The van der Waals surface area contributed by atoms with Crippen molar-refractivity contribution >= 4 is 34.7 Å². The van der Waals surface area contributed by atoms with Gasteiger partial charge in [-0.1, -0.05) is 0 Å². The predicted octanol–water partition coefficient (Wildman–Crippen LogP) is 4.40. The van der Waals surface area contributed by atoms with E-state index >= 15 is 0 Å². The van der Waals surface area contributed by atoms with Gasteiger partial charge < -0.3 is 15.4 Å². The van der Waals surface area contributed by atoms with Gasteiger partial charge in [0.05, 0.1) is 23.0 Å². The molecule has 0 unspecified atom stereocenters. The monoisotopic (exact) mass is 436 g/mol. The summed E-state index contributed by atoms with van der Waals surface area (Å²) in [5, 5.41) is 5.71. The fourth-order valence-electron chi connectivity index (χ4n) is 2.44. The highest BCUT2D eigenvalue weighted by Gasteiger charge is 2.18. The quantitative estimate of drug-likeness (QED) is 0.598. The zero-order valence-corrected chi connectivity index (χ0v) is 16.5.